The molecule has 1 aliphatic heterocycles. The zero-order chi connectivity index (χ0) is 18.0. The van der Waals surface area contributed by atoms with Crippen LogP contribution in [0.3, 0.4) is 0 Å². The van der Waals surface area contributed by atoms with E-state index in [0.29, 0.717) is 11.3 Å². The van der Waals surface area contributed by atoms with E-state index in [0.717, 1.165) is 0 Å². The fourth-order valence-corrected chi connectivity index (χ4v) is 2.95. The van der Waals surface area contributed by atoms with E-state index in [1.165, 1.54) is 29.2 Å². The van der Waals surface area contributed by atoms with Crippen molar-refractivity contribution in [3.63, 3.8) is 0 Å². The Balaban J connectivity index is 2.05. The Kier molecular flexibility index (Phi) is 4.61. The van der Waals surface area contributed by atoms with Gasteiger partial charge in [-0.1, -0.05) is 25.1 Å². The molecule has 3 rings (SSSR count). The lowest BCUT2D eigenvalue weighted by Gasteiger charge is -2.26. The number of hydrogen-bond acceptors (Lipinski definition) is 4. The second-order valence-corrected chi connectivity index (χ2v) is 5.75. The minimum absolute atomic E-state index is 0.0510. The number of rotatable bonds is 5. The summed E-state index contributed by atoms with van der Waals surface area (Å²) in [6.07, 6.45) is 1.76. The Morgan fingerprint density at radius 3 is 2.56 bits per heavy atom. The number of aliphatic hydroxyl groups excluding tert-OH is 1. The molecule has 0 fully saturated rings. The monoisotopic (exact) mass is 340 g/mol. The lowest BCUT2D eigenvalue weighted by atomic mass is 9.95. The lowest BCUT2D eigenvalue weighted by molar-refractivity contribution is -0.130. The molecule has 1 amide bonds. The number of benzene rings is 1. The molecule has 0 aliphatic carbocycles. The van der Waals surface area contributed by atoms with E-state index in [1.807, 2.05) is 0 Å². The zero-order valence-electron chi connectivity index (χ0n) is 13.6. The Morgan fingerprint density at radius 2 is 1.96 bits per heavy atom. The first-order valence-corrected chi connectivity index (χ1v) is 7.95. The van der Waals surface area contributed by atoms with Crippen LogP contribution in [0.1, 0.15) is 30.6 Å². The van der Waals surface area contributed by atoms with Gasteiger partial charge in [0.05, 0.1) is 23.9 Å². The number of pyridine rings is 1. The molecule has 0 radical (unpaired) electrons. The number of Topliss-reactive ketones (excluding diaryl/α,β-unsaturated/α-hetero) is 1. The van der Waals surface area contributed by atoms with Crippen LogP contribution in [-0.4, -0.2) is 26.7 Å². The maximum atomic E-state index is 13.3. The molecule has 1 aliphatic rings. The molecule has 1 aromatic heterocycles. The van der Waals surface area contributed by atoms with Gasteiger partial charge in [0, 0.05) is 12.6 Å². The maximum absolute atomic E-state index is 13.3. The van der Waals surface area contributed by atoms with Crippen LogP contribution in [0.5, 0.6) is 0 Å². The van der Waals surface area contributed by atoms with Gasteiger partial charge < -0.3 is 10.0 Å². The van der Waals surface area contributed by atoms with Gasteiger partial charge in [-0.05, 0) is 29.8 Å². The summed E-state index contributed by atoms with van der Waals surface area (Å²) in [6.45, 7) is 1.79. The molecule has 2 aromatic rings. The van der Waals surface area contributed by atoms with Crippen molar-refractivity contribution in [2.45, 2.75) is 25.9 Å². The average Bonchev–Trinajstić information content (AvgIpc) is 2.87. The van der Waals surface area contributed by atoms with Gasteiger partial charge in [0.1, 0.15) is 5.82 Å². The second-order valence-electron chi connectivity index (χ2n) is 5.75. The van der Waals surface area contributed by atoms with Gasteiger partial charge in [0.15, 0.2) is 11.5 Å². The van der Waals surface area contributed by atoms with Gasteiger partial charge in [0.2, 0.25) is 0 Å². The highest BCUT2D eigenvalue weighted by atomic mass is 19.1. The molecular weight excluding hydrogens is 323 g/mol. The quantitative estimate of drug-likeness (QED) is 0.908. The summed E-state index contributed by atoms with van der Waals surface area (Å²) in [5, 5.41) is 10.3. The van der Waals surface area contributed by atoms with Gasteiger partial charge in [0.25, 0.3) is 5.91 Å². The van der Waals surface area contributed by atoms with Crippen molar-refractivity contribution in [1.82, 2.24) is 9.88 Å². The molecule has 6 heteroatoms. The van der Waals surface area contributed by atoms with Crippen LogP contribution in [0.15, 0.2) is 60.0 Å². The summed E-state index contributed by atoms with van der Waals surface area (Å²) in [6, 6.07) is 10.1. The topological polar surface area (TPSA) is 70.5 Å². The molecule has 25 heavy (non-hydrogen) atoms. The molecular formula is C19H17FN2O3. The molecule has 0 saturated carbocycles. The Morgan fingerprint density at radius 1 is 1.24 bits per heavy atom. The Labute approximate surface area is 144 Å². The van der Waals surface area contributed by atoms with Crippen LogP contribution in [-0.2, 0) is 16.1 Å². The van der Waals surface area contributed by atoms with Crippen molar-refractivity contribution < 1.29 is 19.1 Å². The van der Waals surface area contributed by atoms with Crippen LogP contribution < -0.4 is 0 Å². The summed E-state index contributed by atoms with van der Waals surface area (Å²) in [4.78, 5) is 30.5. The van der Waals surface area contributed by atoms with Crippen LogP contribution in [0.2, 0.25) is 0 Å². The Bertz CT molecular complexity index is 832. The summed E-state index contributed by atoms with van der Waals surface area (Å²) in [5.74, 6) is -1.90. The third kappa shape index (κ3) is 3.15. The third-order valence-corrected chi connectivity index (χ3v) is 4.17. The first-order valence-electron chi connectivity index (χ1n) is 7.95. The molecule has 128 valence electrons. The highest BCUT2D eigenvalue weighted by molar-refractivity contribution is 6.08. The van der Waals surface area contributed by atoms with Crippen LogP contribution >= 0.6 is 0 Å². The van der Waals surface area contributed by atoms with Crippen molar-refractivity contribution >= 4 is 11.7 Å². The average molecular weight is 340 g/mol. The van der Waals surface area contributed by atoms with Crippen molar-refractivity contribution in [2.75, 3.05) is 0 Å². The number of nitrogens with zero attached hydrogens (tertiary/aromatic N) is 2. The fourth-order valence-electron chi connectivity index (χ4n) is 2.95. The maximum Gasteiger partial charge on any atom is 0.290 e. The molecule has 1 atom stereocenters. The van der Waals surface area contributed by atoms with Gasteiger partial charge in [-0.25, -0.2) is 4.39 Å². The highest BCUT2D eigenvalue weighted by Gasteiger charge is 2.43. The van der Waals surface area contributed by atoms with Crippen molar-refractivity contribution in [3.05, 3.63) is 77.1 Å². The van der Waals surface area contributed by atoms with Crippen LogP contribution in [0, 0.1) is 5.82 Å². The number of halogens is 1. The second kappa shape index (κ2) is 6.84. The smallest absolute Gasteiger partial charge is 0.290 e. The van der Waals surface area contributed by atoms with E-state index < -0.39 is 23.5 Å². The van der Waals surface area contributed by atoms with Crippen LogP contribution in [0.4, 0.5) is 4.39 Å². The van der Waals surface area contributed by atoms with Gasteiger partial charge in [-0.15, -0.1) is 0 Å². The number of aliphatic hydroxyl groups is 1. The lowest BCUT2D eigenvalue weighted by Crippen LogP contribution is -2.31. The van der Waals surface area contributed by atoms with Crippen molar-refractivity contribution in [2.24, 2.45) is 0 Å². The number of carbonyl (C=O) groups excluding carboxylic acids is 2. The Hall–Kier alpha value is -3.02. The van der Waals surface area contributed by atoms with E-state index >= 15 is 0 Å². The van der Waals surface area contributed by atoms with Crippen LogP contribution in [0.25, 0.3) is 0 Å². The van der Waals surface area contributed by atoms with Gasteiger partial charge >= 0.3 is 0 Å². The van der Waals surface area contributed by atoms with E-state index in [2.05, 4.69) is 4.98 Å². The zero-order valence-corrected chi connectivity index (χ0v) is 13.6. The molecule has 0 bridgehead atoms. The number of amides is 1. The summed E-state index contributed by atoms with van der Waals surface area (Å²) in [5.41, 5.74) is 1.24. The van der Waals surface area contributed by atoms with Crippen molar-refractivity contribution in [1.29, 1.82) is 0 Å². The number of carbonyl (C=O) groups is 2. The highest BCUT2D eigenvalue weighted by Crippen LogP contribution is 2.39. The van der Waals surface area contributed by atoms with E-state index in [1.54, 1.807) is 31.3 Å². The first kappa shape index (κ1) is 16.8. The predicted octanol–water partition coefficient (Wildman–Crippen LogP) is 3.10. The molecule has 0 spiro atoms. The third-order valence-electron chi connectivity index (χ3n) is 4.17. The molecule has 1 N–H and O–H groups in total. The summed E-state index contributed by atoms with van der Waals surface area (Å²) >= 11 is 0. The molecule has 1 unspecified atom stereocenters. The van der Waals surface area contributed by atoms with Gasteiger partial charge in [-0.2, -0.15) is 0 Å². The molecule has 2 heterocycles. The largest absolute Gasteiger partial charge is 0.503 e. The predicted molar refractivity (Wildman–Crippen MR) is 88.9 cm³/mol. The molecule has 1 aromatic carbocycles. The van der Waals surface area contributed by atoms with E-state index in [-0.39, 0.29) is 24.3 Å². The summed E-state index contributed by atoms with van der Waals surface area (Å²) in [7, 11) is 0. The minimum atomic E-state index is -0.762. The molecule has 0 saturated heterocycles. The standard InChI is InChI=1S/C19H17FN2O3/c1-2-15(23)16-17(12-6-8-13(20)9-7-12)22(19(25)18(16)24)11-14-5-3-4-10-21-14/h3-10,17,24H,2,11H2,1H3. The van der Waals surface area contributed by atoms with E-state index in [4.69, 9.17) is 0 Å². The first-order chi connectivity index (χ1) is 12.0. The SMILES string of the molecule is CCC(=O)C1=C(O)C(=O)N(Cc2ccccn2)C1c1ccc(F)cc1. The normalized spacial score (nSPS) is 17.3. The number of ketones is 1. The molecule has 5 nitrogen and oxygen atoms in total. The van der Waals surface area contributed by atoms with Gasteiger partial charge in [-0.3, -0.25) is 14.6 Å². The number of hydrogen-bond donors (Lipinski definition) is 1. The minimum Gasteiger partial charge on any atom is -0.503 e. The summed E-state index contributed by atoms with van der Waals surface area (Å²) < 4.78 is 13.3. The van der Waals surface area contributed by atoms with E-state index in [9.17, 15) is 19.1 Å². The number of aromatic nitrogens is 1. The van der Waals surface area contributed by atoms with Crippen molar-refractivity contribution in [3.8, 4) is 0 Å². The fraction of sp³-hybridized carbons (Fsp3) is 0.211.